The number of rotatable bonds is 5. The predicted molar refractivity (Wildman–Crippen MR) is 155 cm³/mol. The lowest BCUT2D eigenvalue weighted by atomic mass is 9.95. The molecule has 39 heavy (non-hydrogen) atoms. The summed E-state index contributed by atoms with van der Waals surface area (Å²) in [6, 6.07) is 25.1. The molecule has 4 aromatic carbocycles. The number of nitrogens with one attached hydrogen (secondary N) is 2. The van der Waals surface area contributed by atoms with Gasteiger partial charge in [-0.3, -0.25) is 4.79 Å². The Bertz CT molecular complexity index is 1880. The van der Waals surface area contributed by atoms with Crippen molar-refractivity contribution in [2.75, 3.05) is 5.32 Å². The Balaban J connectivity index is 1.43. The summed E-state index contributed by atoms with van der Waals surface area (Å²) in [5.74, 6) is -0.0652. The number of aromatic nitrogens is 3. The van der Waals surface area contributed by atoms with Crippen molar-refractivity contribution in [2.45, 2.75) is 31.7 Å². The summed E-state index contributed by atoms with van der Waals surface area (Å²) < 4.78 is 16.1. The van der Waals surface area contributed by atoms with Crippen molar-refractivity contribution in [3.63, 3.8) is 0 Å². The summed E-state index contributed by atoms with van der Waals surface area (Å²) in [7, 11) is 0. The first-order chi connectivity index (χ1) is 19.1. The van der Waals surface area contributed by atoms with E-state index in [-0.39, 0.29) is 5.82 Å². The molecule has 1 radical (unpaired) electrons. The maximum atomic E-state index is 13.9. The van der Waals surface area contributed by atoms with Gasteiger partial charge in [-0.15, -0.1) is 0 Å². The van der Waals surface area contributed by atoms with Crippen LogP contribution >= 0.6 is 0 Å². The summed E-state index contributed by atoms with van der Waals surface area (Å²) >= 11 is 0. The fourth-order valence-electron chi connectivity index (χ4n) is 5.90. The second-order valence-corrected chi connectivity index (χ2v) is 10.2. The molecule has 1 amide bonds. The van der Waals surface area contributed by atoms with E-state index in [9.17, 15) is 9.18 Å². The lowest BCUT2D eigenvalue weighted by molar-refractivity contribution is 0.100. The summed E-state index contributed by atoms with van der Waals surface area (Å²) in [5, 5.41) is 5.73. The van der Waals surface area contributed by atoms with Crippen molar-refractivity contribution in [3.05, 3.63) is 96.7 Å². The number of nitrogens with two attached hydrogens (primary N) is 1. The summed E-state index contributed by atoms with van der Waals surface area (Å²) in [6.07, 6.45) is 6.50. The minimum absolute atomic E-state index is 0.297. The van der Waals surface area contributed by atoms with Crippen molar-refractivity contribution in [2.24, 2.45) is 5.73 Å². The fraction of sp³-hybridized carbons (Fsp3) is 0.156. The second-order valence-electron chi connectivity index (χ2n) is 10.2. The molecule has 0 spiro atoms. The zero-order valence-corrected chi connectivity index (χ0v) is 21.2. The molecule has 6 nitrogen and oxygen atoms in total. The topological polar surface area (TPSA) is 88.7 Å². The van der Waals surface area contributed by atoms with Gasteiger partial charge in [0.2, 0.25) is 0 Å². The van der Waals surface area contributed by atoms with E-state index in [0.29, 0.717) is 28.5 Å². The minimum atomic E-state index is -0.447. The third-order valence-corrected chi connectivity index (χ3v) is 7.72. The Labute approximate surface area is 224 Å². The Kier molecular flexibility index (Phi) is 5.58. The lowest BCUT2D eigenvalue weighted by Crippen LogP contribution is -2.25. The summed E-state index contributed by atoms with van der Waals surface area (Å²) in [6.45, 7) is 0. The van der Waals surface area contributed by atoms with E-state index in [0.717, 1.165) is 64.4 Å². The van der Waals surface area contributed by atoms with Gasteiger partial charge in [0.25, 0.3) is 5.91 Å². The number of aromatic amines is 1. The number of halogens is 1. The first kappa shape index (κ1) is 23.5. The SMILES string of the molecule is NC(=O)c1ccc(-n2c3ccccc3c3c(-c4nc5ccc(F)cc5[nH]4)cccc32)cc1NC1CC[CH]CC1. The highest BCUT2D eigenvalue weighted by Crippen LogP contribution is 2.39. The molecule has 0 atom stereocenters. The van der Waals surface area contributed by atoms with Gasteiger partial charge in [0.1, 0.15) is 11.6 Å². The quantitative estimate of drug-likeness (QED) is 0.228. The van der Waals surface area contributed by atoms with Crippen LogP contribution in [0.3, 0.4) is 0 Å². The first-order valence-corrected chi connectivity index (χ1v) is 13.3. The van der Waals surface area contributed by atoms with Crippen LogP contribution in [0.25, 0.3) is 49.9 Å². The Morgan fingerprint density at radius 2 is 1.79 bits per heavy atom. The van der Waals surface area contributed by atoms with Crippen molar-refractivity contribution < 1.29 is 9.18 Å². The minimum Gasteiger partial charge on any atom is -0.382 e. The third kappa shape index (κ3) is 4.02. The van der Waals surface area contributed by atoms with Crippen LogP contribution in [0.15, 0.2) is 78.9 Å². The number of anilines is 1. The van der Waals surface area contributed by atoms with Gasteiger partial charge in [0, 0.05) is 33.8 Å². The van der Waals surface area contributed by atoms with Gasteiger partial charge >= 0.3 is 0 Å². The zero-order chi connectivity index (χ0) is 26.5. The molecule has 1 aliphatic carbocycles. The molecule has 7 heteroatoms. The summed E-state index contributed by atoms with van der Waals surface area (Å²) in [5.41, 5.74) is 12.3. The highest BCUT2D eigenvalue weighted by molar-refractivity contribution is 6.15. The number of primary amides is 1. The first-order valence-electron chi connectivity index (χ1n) is 13.3. The van der Waals surface area contributed by atoms with E-state index >= 15 is 0 Å². The molecule has 4 N–H and O–H groups in total. The number of hydrogen-bond donors (Lipinski definition) is 3. The lowest BCUT2D eigenvalue weighted by Gasteiger charge is -2.25. The molecule has 6 aromatic rings. The normalized spacial score (nSPS) is 14.4. The van der Waals surface area contributed by atoms with E-state index < -0.39 is 5.91 Å². The van der Waals surface area contributed by atoms with Gasteiger partial charge in [0.15, 0.2) is 0 Å². The number of carbonyl (C=O) groups excluding carboxylic acids is 1. The molecule has 1 saturated carbocycles. The number of H-pyrrole nitrogens is 1. The van der Waals surface area contributed by atoms with Gasteiger partial charge in [-0.25, -0.2) is 9.37 Å². The predicted octanol–water partition coefficient (Wildman–Crippen LogP) is 7.12. The van der Waals surface area contributed by atoms with Crippen molar-refractivity contribution in [1.29, 1.82) is 0 Å². The molecule has 0 bridgehead atoms. The zero-order valence-electron chi connectivity index (χ0n) is 21.2. The molecule has 7 rings (SSSR count). The number of amides is 1. The van der Waals surface area contributed by atoms with Crippen LogP contribution in [-0.2, 0) is 0 Å². The smallest absolute Gasteiger partial charge is 0.250 e. The standard InChI is InChI=1S/C32H27FN5O/c33-19-13-16-25-27(17-19)37-32(36-25)24-10-6-12-29-30(24)23-9-4-5-11-28(23)38(29)21-14-15-22(31(34)39)26(18-21)35-20-7-2-1-3-8-20/h1,4-6,9-18,20,35H,2-3,7-8H2,(H2,34,39)(H,36,37). The van der Waals surface area contributed by atoms with E-state index in [1.807, 2.05) is 42.5 Å². The Morgan fingerprint density at radius 3 is 2.64 bits per heavy atom. The Morgan fingerprint density at radius 1 is 0.974 bits per heavy atom. The van der Waals surface area contributed by atoms with Gasteiger partial charge < -0.3 is 20.6 Å². The maximum Gasteiger partial charge on any atom is 0.250 e. The number of benzene rings is 4. The molecule has 0 unspecified atom stereocenters. The molecule has 1 aliphatic rings. The van der Waals surface area contributed by atoms with E-state index in [4.69, 9.17) is 10.7 Å². The Hall–Kier alpha value is -4.65. The number of para-hydroxylation sites is 1. The van der Waals surface area contributed by atoms with Crippen LogP contribution in [0, 0.1) is 12.2 Å². The van der Waals surface area contributed by atoms with Crippen LogP contribution in [-0.4, -0.2) is 26.5 Å². The maximum absolute atomic E-state index is 13.9. The number of carbonyl (C=O) groups is 1. The van der Waals surface area contributed by atoms with Crippen molar-refractivity contribution >= 4 is 44.4 Å². The molecule has 2 heterocycles. The van der Waals surface area contributed by atoms with Crippen LogP contribution in [0.5, 0.6) is 0 Å². The monoisotopic (exact) mass is 516 g/mol. The van der Waals surface area contributed by atoms with E-state index in [1.54, 1.807) is 6.07 Å². The average molecular weight is 517 g/mol. The summed E-state index contributed by atoms with van der Waals surface area (Å²) in [4.78, 5) is 20.4. The van der Waals surface area contributed by atoms with Gasteiger partial charge in [-0.2, -0.15) is 0 Å². The van der Waals surface area contributed by atoms with Crippen molar-refractivity contribution in [3.8, 4) is 17.1 Å². The van der Waals surface area contributed by atoms with E-state index in [2.05, 4.69) is 39.5 Å². The molecule has 2 aromatic heterocycles. The van der Waals surface area contributed by atoms with Gasteiger partial charge in [-0.05, 0) is 80.6 Å². The molecule has 0 aliphatic heterocycles. The van der Waals surface area contributed by atoms with Crippen LogP contribution in [0.1, 0.15) is 36.0 Å². The molecular formula is C32H27FN5O. The van der Waals surface area contributed by atoms with Crippen LogP contribution < -0.4 is 11.1 Å². The number of imidazole rings is 1. The second kappa shape index (κ2) is 9.27. The number of nitrogens with zero attached hydrogens (tertiary/aromatic N) is 2. The molecule has 1 fully saturated rings. The van der Waals surface area contributed by atoms with Crippen LogP contribution in [0.4, 0.5) is 10.1 Å². The van der Waals surface area contributed by atoms with Crippen LogP contribution in [0.2, 0.25) is 0 Å². The number of hydrogen-bond acceptors (Lipinski definition) is 3. The van der Waals surface area contributed by atoms with Crippen molar-refractivity contribution in [1.82, 2.24) is 14.5 Å². The van der Waals surface area contributed by atoms with E-state index in [1.165, 1.54) is 12.1 Å². The highest BCUT2D eigenvalue weighted by atomic mass is 19.1. The fourth-order valence-corrected chi connectivity index (χ4v) is 5.90. The molecule has 0 saturated heterocycles. The third-order valence-electron chi connectivity index (χ3n) is 7.72. The number of fused-ring (bicyclic) bond motifs is 4. The highest BCUT2D eigenvalue weighted by Gasteiger charge is 2.21. The van der Waals surface area contributed by atoms with Gasteiger partial charge in [0.05, 0.1) is 27.6 Å². The van der Waals surface area contributed by atoms with Gasteiger partial charge in [-0.1, -0.05) is 30.3 Å². The average Bonchev–Trinajstić information content (AvgIpc) is 3.52. The molecule has 193 valence electrons. The largest absolute Gasteiger partial charge is 0.382 e. The molecular weight excluding hydrogens is 489 g/mol.